The summed E-state index contributed by atoms with van der Waals surface area (Å²) in [5.74, 6) is -1.18. The number of benzene rings is 2. The quantitative estimate of drug-likeness (QED) is 0.168. The zero-order valence-electron chi connectivity index (χ0n) is 25.2. The third-order valence-corrected chi connectivity index (χ3v) is 9.34. The molecule has 3 heterocycles. The molecule has 0 bridgehead atoms. The number of hydrogen-bond donors (Lipinski definition) is 6. The maximum absolute atomic E-state index is 13.2. The fraction of sp³-hybridized carbons (Fsp3) is 0.375. The highest BCUT2D eigenvalue weighted by Gasteiger charge is 2.53. The summed E-state index contributed by atoms with van der Waals surface area (Å²) < 4.78 is 4.60. The maximum atomic E-state index is 13.2. The Bertz CT molecular complexity index is 1890. The van der Waals surface area contributed by atoms with E-state index in [0.717, 1.165) is 34.4 Å². The molecule has 1 fully saturated rings. The molecule has 2 amide bonds. The summed E-state index contributed by atoms with van der Waals surface area (Å²) >= 11 is 0. The van der Waals surface area contributed by atoms with Crippen molar-refractivity contribution in [2.45, 2.75) is 69.0 Å². The highest BCUT2D eigenvalue weighted by atomic mass is 16.5. The van der Waals surface area contributed by atoms with E-state index in [4.69, 9.17) is 5.73 Å². The molecular weight excluding hydrogens is 592 g/mol. The molecule has 2 aromatic carbocycles. The first-order valence-electron chi connectivity index (χ1n) is 15.1. The molecule has 14 nitrogen and oxygen atoms in total. The number of amides is 2. The van der Waals surface area contributed by atoms with Gasteiger partial charge in [0, 0.05) is 35.8 Å². The van der Waals surface area contributed by atoms with E-state index in [1.807, 2.05) is 30.3 Å². The van der Waals surface area contributed by atoms with E-state index in [-0.39, 0.29) is 29.4 Å². The molecule has 0 saturated heterocycles. The largest absolute Gasteiger partial charge is 0.439 e. The minimum Gasteiger partial charge on any atom is -0.389 e. The van der Waals surface area contributed by atoms with Crippen LogP contribution in [0.2, 0.25) is 0 Å². The third-order valence-electron chi connectivity index (χ3n) is 9.34. The van der Waals surface area contributed by atoms with Gasteiger partial charge in [-0.25, -0.2) is 14.8 Å². The maximum Gasteiger partial charge on any atom is 0.439 e. The van der Waals surface area contributed by atoms with Crippen LogP contribution in [0.3, 0.4) is 0 Å². The van der Waals surface area contributed by atoms with Gasteiger partial charge in [0.1, 0.15) is 23.8 Å². The number of carbonyl (C=O) groups excluding carboxylic acids is 2. The molecule has 2 aliphatic carbocycles. The predicted molar refractivity (Wildman–Crippen MR) is 165 cm³/mol. The second-order valence-electron chi connectivity index (χ2n) is 12.8. The number of hydrogen-bond acceptors (Lipinski definition) is 11. The second kappa shape index (κ2) is 11.2. The Hall–Kier alpha value is -4.92. The van der Waals surface area contributed by atoms with Crippen LogP contribution in [0.4, 0.5) is 5.69 Å². The van der Waals surface area contributed by atoms with Crippen LogP contribution in [0, 0.1) is 0 Å². The topological polar surface area (TPSA) is 213 Å². The van der Waals surface area contributed by atoms with Crippen LogP contribution in [-0.2, 0) is 18.4 Å². The van der Waals surface area contributed by atoms with E-state index < -0.39 is 41.9 Å². The summed E-state index contributed by atoms with van der Waals surface area (Å²) in [5.41, 5.74) is 11.6. The number of fused-ring (bicyclic) bond motifs is 2. The van der Waals surface area contributed by atoms with Crippen molar-refractivity contribution in [1.82, 2.24) is 30.7 Å². The Morgan fingerprint density at radius 1 is 1.09 bits per heavy atom. The lowest BCUT2D eigenvalue weighted by Crippen LogP contribution is -2.73. The molecule has 14 heteroatoms. The molecule has 46 heavy (non-hydrogen) atoms. The van der Waals surface area contributed by atoms with Gasteiger partial charge < -0.3 is 31.5 Å². The average molecular weight is 627 g/mol. The Balaban J connectivity index is 1.01. The lowest BCUT2D eigenvalue weighted by atomic mass is 9.79. The molecule has 0 spiro atoms. The van der Waals surface area contributed by atoms with Gasteiger partial charge in [0.25, 0.3) is 11.8 Å². The number of anilines is 1. The molecule has 1 aliphatic heterocycles. The van der Waals surface area contributed by atoms with Crippen LogP contribution in [-0.4, -0.2) is 73.0 Å². The lowest BCUT2D eigenvalue weighted by Gasteiger charge is -2.50. The number of rotatable bonds is 7. The molecule has 2 aromatic heterocycles. The average Bonchev–Trinajstić information content (AvgIpc) is 3.74. The van der Waals surface area contributed by atoms with Gasteiger partial charge in [0.2, 0.25) is 0 Å². The predicted octanol–water partition coefficient (Wildman–Crippen LogP) is 0.696. The van der Waals surface area contributed by atoms with E-state index in [1.165, 1.54) is 12.4 Å². The molecule has 0 radical (unpaired) electrons. The Morgan fingerprint density at radius 3 is 2.61 bits per heavy atom. The van der Waals surface area contributed by atoms with Crippen molar-refractivity contribution in [3.05, 3.63) is 93.0 Å². The van der Waals surface area contributed by atoms with E-state index in [9.17, 15) is 24.6 Å². The smallest absolute Gasteiger partial charge is 0.389 e. The number of aliphatic hydroxyl groups excluding tert-OH is 2. The van der Waals surface area contributed by atoms with E-state index >= 15 is 0 Å². The number of nitrogens with zero attached hydrogens (tertiary/aromatic N) is 4. The molecule has 4 aromatic rings. The Morgan fingerprint density at radius 2 is 1.87 bits per heavy atom. The number of H-pyrrole nitrogens is 1. The minimum atomic E-state index is -0.957. The minimum absolute atomic E-state index is 0.0553. The van der Waals surface area contributed by atoms with Gasteiger partial charge in [-0.15, -0.1) is 0 Å². The summed E-state index contributed by atoms with van der Waals surface area (Å²) in [7, 11) is 0. The molecule has 3 aliphatic rings. The van der Waals surface area contributed by atoms with Crippen molar-refractivity contribution in [1.29, 1.82) is 0 Å². The van der Waals surface area contributed by atoms with Gasteiger partial charge in [0.15, 0.2) is 5.82 Å². The number of carbonyl (C=O) groups is 2. The van der Waals surface area contributed by atoms with Gasteiger partial charge in [0.05, 0.1) is 24.2 Å². The summed E-state index contributed by atoms with van der Waals surface area (Å²) in [6.07, 6.45) is 0.704. The molecule has 4 unspecified atom stereocenters. The Kier molecular flexibility index (Phi) is 7.22. The van der Waals surface area contributed by atoms with Crippen molar-refractivity contribution in [2.75, 3.05) is 11.4 Å². The number of nitrogens with two attached hydrogens (primary N) is 1. The zero-order chi connectivity index (χ0) is 32.3. The van der Waals surface area contributed by atoms with Crippen molar-refractivity contribution in [3.63, 3.8) is 0 Å². The lowest BCUT2D eigenvalue weighted by molar-refractivity contribution is -0.0876. The molecular formula is C32H34N8O6. The molecule has 238 valence electrons. The SMILES string of the molecule is CC1(C)CN(C2C(N)C(O)C2O)c2cc(CNC(=O)c3cc(C(=O)N[C@H]4CCc5cc(-c6noc(=O)[nH]6)ccc54)ncn3)ccc21. The number of aromatic nitrogens is 4. The third kappa shape index (κ3) is 5.13. The molecule has 5 atom stereocenters. The first kappa shape index (κ1) is 29.8. The van der Waals surface area contributed by atoms with E-state index in [2.05, 4.69) is 54.0 Å². The van der Waals surface area contributed by atoms with Gasteiger partial charge >= 0.3 is 5.76 Å². The first-order valence-corrected chi connectivity index (χ1v) is 15.1. The normalized spacial score (nSPS) is 24.2. The summed E-state index contributed by atoms with van der Waals surface area (Å²) in [6.45, 7) is 5.09. The molecule has 7 N–H and O–H groups in total. The molecule has 7 rings (SSSR count). The first-order chi connectivity index (χ1) is 22.0. The van der Waals surface area contributed by atoms with Gasteiger partial charge in [-0.05, 0) is 47.2 Å². The fourth-order valence-corrected chi connectivity index (χ4v) is 6.85. The van der Waals surface area contributed by atoms with Gasteiger partial charge in [-0.1, -0.05) is 43.3 Å². The zero-order valence-corrected chi connectivity index (χ0v) is 25.2. The van der Waals surface area contributed by atoms with Crippen LogP contribution in [0.25, 0.3) is 11.4 Å². The molecule has 1 saturated carbocycles. The number of aryl methyl sites for hydroxylation is 1. The van der Waals surface area contributed by atoms with Crippen LogP contribution in [0.5, 0.6) is 0 Å². The number of aliphatic hydroxyl groups is 2. The van der Waals surface area contributed by atoms with Gasteiger partial charge in [-0.3, -0.25) is 19.1 Å². The van der Waals surface area contributed by atoms with E-state index in [1.54, 1.807) is 6.07 Å². The van der Waals surface area contributed by atoms with Crippen molar-refractivity contribution in [2.24, 2.45) is 5.73 Å². The number of aromatic amines is 1. The Labute approximate surface area is 263 Å². The van der Waals surface area contributed by atoms with Crippen LogP contribution < -0.4 is 27.0 Å². The van der Waals surface area contributed by atoms with Crippen molar-refractivity contribution >= 4 is 17.5 Å². The highest BCUT2D eigenvalue weighted by Crippen LogP contribution is 2.45. The van der Waals surface area contributed by atoms with Crippen molar-refractivity contribution < 1.29 is 24.3 Å². The monoisotopic (exact) mass is 626 g/mol. The van der Waals surface area contributed by atoms with Gasteiger partial charge in [-0.2, -0.15) is 0 Å². The van der Waals surface area contributed by atoms with Crippen molar-refractivity contribution in [3.8, 4) is 11.4 Å². The van der Waals surface area contributed by atoms with Crippen LogP contribution in [0.1, 0.15) is 69.5 Å². The number of nitrogens with one attached hydrogen (secondary N) is 3. The van der Waals surface area contributed by atoms with Crippen LogP contribution >= 0.6 is 0 Å². The summed E-state index contributed by atoms with van der Waals surface area (Å²) in [6, 6.07) is 11.7. The fourth-order valence-electron chi connectivity index (χ4n) is 6.85. The summed E-state index contributed by atoms with van der Waals surface area (Å²) in [5, 5.41) is 30.0. The second-order valence-corrected chi connectivity index (χ2v) is 12.8. The van der Waals surface area contributed by atoms with Crippen LogP contribution in [0.15, 0.2) is 58.1 Å². The highest BCUT2D eigenvalue weighted by molar-refractivity contribution is 5.97. The summed E-state index contributed by atoms with van der Waals surface area (Å²) in [4.78, 5) is 50.3. The van der Waals surface area contributed by atoms with E-state index in [0.29, 0.717) is 24.4 Å². The standard InChI is InChI=1S/C32H34N8O6/c1-32(2)13-40(25-24(33)26(41)27(25)42)23-9-15(3-7-19(23)32)12-34-29(43)21-11-22(36-14-35-21)30(44)37-20-8-5-16-10-17(4-6-18(16)20)28-38-31(45)46-39-28/h3-4,6-7,9-11,14,20,24-27,41-42H,5,8,12-13,33H2,1-2H3,(H,34,43)(H,37,44)(H,38,39,45)/t20-,24?,25?,26?,27?/m0/s1.